The SMILES string of the molecule is c1ccc(-n2c3ccccc3c3cc(-n4c5ccccc5c5cc(N(c6ccc7oc8ccccc8c7c6)c6ccc7c8ccccc8c8ccccc8c7c6)ccc54)ccc32)cc1. The van der Waals surface area contributed by atoms with Gasteiger partial charge in [0.1, 0.15) is 11.2 Å². The molecular weight excluding hydrogens is 779 g/mol. The molecule has 0 N–H and O–H groups in total. The van der Waals surface area contributed by atoms with Crippen molar-refractivity contribution in [1.82, 2.24) is 9.13 Å². The van der Waals surface area contributed by atoms with Crippen LogP contribution in [0.1, 0.15) is 0 Å². The number of hydrogen-bond donors (Lipinski definition) is 0. The summed E-state index contributed by atoms with van der Waals surface area (Å²) in [4.78, 5) is 2.42. The lowest BCUT2D eigenvalue weighted by molar-refractivity contribution is 0.669. The number of fused-ring (bicyclic) bond motifs is 15. The van der Waals surface area contributed by atoms with Crippen molar-refractivity contribution in [2.75, 3.05) is 4.90 Å². The summed E-state index contributed by atoms with van der Waals surface area (Å²) in [5.74, 6) is 0. The Labute approximate surface area is 367 Å². The van der Waals surface area contributed by atoms with E-state index in [0.29, 0.717) is 0 Å². The quantitative estimate of drug-likeness (QED) is 0.162. The van der Waals surface area contributed by atoms with Crippen LogP contribution < -0.4 is 4.90 Å². The molecule has 0 saturated heterocycles. The number of para-hydroxylation sites is 4. The van der Waals surface area contributed by atoms with Gasteiger partial charge in [0, 0.05) is 60.8 Å². The molecule has 0 atom stereocenters. The highest BCUT2D eigenvalue weighted by Gasteiger charge is 2.21. The third-order valence-corrected chi connectivity index (χ3v) is 13.4. The molecule has 11 aromatic carbocycles. The zero-order valence-electron chi connectivity index (χ0n) is 34.6. The Morgan fingerprint density at radius 1 is 0.250 bits per heavy atom. The van der Waals surface area contributed by atoms with Gasteiger partial charge in [0.2, 0.25) is 0 Å². The van der Waals surface area contributed by atoms with Crippen LogP contribution in [0.2, 0.25) is 0 Å². The molecule has 0 amide bonds. The molecule has 3 heterocycles. The predicted octanol–water partition coefficient (Wildman–Crippen LogP) is 16.7. The average molecular weight is 816 g/mol. The van der Waals surface area contributed by atoms with E-state index >= 15 is 0 Å². The molecule has 0 unspecified atom stereocenters. The van der Waals surface area contributed by atoms with Crippen LogP contribution in [0.15, 0.2) is 229 Å². The number of nitrogens with zero attached hydrogens (tertiary/aromatic N) is 3. The second kappa shape index (κ2) is 13.4. The summed E-state index contributed by atoms with van der Waals surface area (Å²) in [6, 6.07) is 81.7. The molecule has 4 nitrogen and oxygen atoms in total. The van der Waals surface area contributed by atoms with E-state index in [1.54, 1.807) is 0 Å². The van der Waals surface area contributed by atoms with Crippen LogP contribution in [0.4, 0.5) is 17.1 Å². The number of aromatic nitrogens is 2. The monoisotopic (exact) mass is 815 g/mol. The van der Waals surface area contributed by atoms with Crippen molar-refractivity contribution in [1.29, 1.82) is 0 Å². The van der Waals surface area contributed by atoms with Crippen LogP contribution >= 0.6 is 0 Å². The second-order valence-corrected chi connectivity index (χ2v) is 16.9. The van der Waals surface area contributed by atoms with Crippen LogP contribution in [0.25, 0.3) is 109 Å². The number of furan rings is 1. The van der Waals surface area contributed by atoms with E-state index in [-0.39, 0.29) is 0 Å². The van der Waals surface area contributed by atoms with E-state index in [4.69, 9.17) is 4.42 Å². The number of anilines is 3. The number of benzene rings is 11. The fraction of sp³-hybridized carbons (Fsp3) is 0. The Bertz CT molecular complexity index is 4170. The third-order valence-electron chi connectivity index (χ3n) is 13.4. The smallest absolute Gasteiger partial charge is 0.135 e. The minimum Gasteiger partial charge on any atom is -0.456 e. The summed E-state index contributed by atoms with van der Waals surface area (Å²) < 4.78 is 11.2. The lowest BCUT2D eigenvalue weighted by Crippen LogP contribution is -2.10. The molecular formula is C60H37N3O. The average Bonchev–Trinajstić information content (AvgIpc) is 4.01. The fourth-order valence-corrected chi connectivity index (χ4v) is 10.7. The van der Waals surface area contributed by atoms with Crippen LogP contribution in [-0.2, 0) is 0 Å². The topological polar surface area (TPSA) is 26.2 Å². The maximum absolute atomic E-state index is 6.35. The highest BCUT2D eigenvalue weighted by molar-refractivity contribution is 6.26. The van der Waals surface area contributed by atoms with Crippen LogP contribution in [-0.4, -0.2) is 9.13 Å². The summed E-state index contributed by atoms with van der Waals surface area (Å²) in [7, 11) is 0. The first-order valence-corrected chi connectivity index (χ1v) is 21.9. The Morgan fingerprint density at radius 3 is 1.34 bits per heavy atom. The molecule has 0 saturated carbocycles. The van der Waals surface area contributed by atoms with Crippen molar-refractivity contribution < 1.29 is 4.42 Å². The van der Waals surface area contributed by atoms with Crippen LogP contribution in [0.5, 0.6) is 0 Å². The Morgan fingerprint density at radius 2 is 0.672 bits per heavy atom. The fourth-order valence-electron chi connectivity index (χ4n) is 10.7. The molecule has 298 valence electrons. The molecule has 0 aliphatic rings. The minimum atomic E-state index is 0.878. The van der Waals surface area contributed by atoms with E-state index < -0.39 is 0 Å². The standard InChI is InChI=1S/C60H37N3O/c1-2-14-38(15-3-1)62-55-23-11-8-20-48(55)53-36-42(28-32-57(53)62)63-56-24-12-9-21-49(56)52-35-40(27-31-58(52)63)61(41-29-33-60-54(37-41)50-22-10-13-25-59(50)64-60)39-26-30-47-45-18-5-4-16-43(45)44-17-6-7-19-46(44)51(47)34-39/h1-37H. The highest BCUT2D eigenvalue weighted by atomic mass is 16.3. The van der Waals surface area contributed by atoms with Gasteiger partial charge in [0.25, 0.3) is 0 Å². The number of rotatable bonds is 5. The van der Waals surface area contributed by atoms with Crippen LogP contribution in [0, 0.1) is 0 Å². The zero-order valence-corrected chi connectivity index (χ0v) is 34.6. The molecule has 14 aromatic rings. The van der Waals surface area contributed by atoms with Crippen molar-refractivity contribution in [3.8, 4) is 11.4 Å². The van der Waals surface area contributed by atoms with E-state index in [2.05, 4.69) is 226 Å². The maximum atomic E-state index is 6.35. The first-order valence-electron chi connectivity index (χ1n) is 21.9. The highest BCUT2D eigenvalue weighted by Crippen LogP contribution is 2.45. The largest absolute Gasteiger partial charge is 0.456 e. The summed E-state index contributed by atoms with van der Waals surface area (Å²) in [6.45, 7) is 0. The predicted molar refractivity (Wildman–Crippen MR) is 270 cm³/mol. The molecule has 0 aliphatic carbocycles. The first kappa shape index (κ1) is 35.0. The van der Waals surface area contributed by atoms with E-state index in [1.807, 2.05) is 12.1 Å². The zero-order chi connectivity index (χ0) is 41.9. The van der Waals surface area contributed by atoms with Crippen molar-refractivity contribution >= 4 is 115 Å². The van der Waals surface area contributed by atoms with Gasteiger partial charge in [-0.15, -0.1) is 0 Å². The summed E-state index contributed by atoms with van der Waals surface area (Å²) in [6.07, 6.45) is 0. The van der Waals surface area contributed by atoms with Crippen molar-refractivity contribution in [2.24, 2.45) is 0 Å². The number of hydrogen-bond acceptors (Lipinski definition) is 2. The molecule has 14 rings (SSSR count). The normalized spacial score (nSPS) is 12.1. The van der Waals surface area contributed by atoms with Crippen molar-refractivity contribution in [2.45, 2.75) is 0 Å². The van der Waals surface area contributed by atoms with E-state index in [9.17, 15) is 0 Å². The first-order chi connectivity index (χ1) is 31.7. The van der Waals surface area contributed by atoms with Gasteiger partial charge in [-0.25, -0.2) is 0 Å². The summed E-state index contributed by atoms with van der Waals surface area (Å²) in [5.41, 5.74) is 12.0. The van der Waals surface area contributed by atoms with E-state index in [0.717, 1.165) is 55.9 Å². The Kier molecular flexibility index (Phi) is 7.36. The molecule has 0 bridgehead atoms. The maximum Gasteiger partial charge on any atom is 0.135 e. The van der Waals surface area contributed by atoms with Gasteiger partial charge < -0.3 is 18.5 Å². The lowest BCUT2D eigenvalue weighted by Gasteiger charge is -2.26. The molecule has 64 heavy (non-hydrogen) atoms. The molecule has 0 aliphatic heterocycles. The minimum absolute atomic E-state index is 0.878. The summed E-state index contributed by atoms with van der Waals surface area (Å²) in [5, 5.41) is 14.6. The van der Waals surface area contributed by atoms with Gasteiger partial charge in [-0.3, -0.25) is 0 Å². The molecule has 0 fully saturated rings. The van der Waals surface area contributed by atoms with Gasteiger partial charge >= 0.3 is 0 Å². The Balaban J connectivity index is 1.01. The molecule has 4 heteroatoms. The van der Waals surface area contributed by atoms with Gasteiger partial charge in [-0.2, -0.15) is 0 Å². The Hall–Kier alpha value is -8.60. The molecule has 0 spiro atoms. The lowest BCUT2D eigenvalue weighted by atomic mass is 9.94. The summed E-state index contributed by atoms with van der Waals surface area (Å²) >= 11 is 0. The van der Waals surface area contributed by atoms with Gasteiger partial charge in [-0.1, -0.05) is 127 Å². The van der Waals surface area contributed by atoms with E-state index in [1.165, 1.54) is 70.4 Å². The van der Waals surface area contributed by atoms with Gasteiger partial charge in [-0.05, 0) is 129 Å². The van der Waals surface area contributed by atoms with Crippen molar-refractivity contribution in [3.63, 3.8) is 0 Å². The van der Waals surface area contributed by atoms with Crippen molar-refractivity contribution in [3.05, 3.63) is 224 Å². The third kappa shape index (κ3) is 5.05. The molecule has 3 aromatic heterocycles. The van der Waals surface area contributed by atoms with Crippen LogP contribution in [0.3, 0.4) is 0 Å². The van der Waals surface area contributed by atoms with Gasteiger partial charge in [0.15, 0.2) is 0 Å². The molecule has 0 radical (unpaired) electrons. The second-order valence-electron chi connectivity index (χ2n) is 16.9. The van der Waals surface area contributed by atoms with Gasteiger partial charge in [0.05, 0.1) is 22.1 Å².